The molecule has 0 aliphatic rings. The Hall–Kier alpha value is -8.62. The number of H-pyrrole nitrogens is 1. The summed E-state index contributed by atoms with van der Waals surface area (Å²) in [5.74, 6) is -7.13. The van der Waals surface area contributed by atoms with E-state index in [2.05, 4.69) is 57.5 Å². The number of aliphatic carboxylic acids is 1. The summed E-state index contributed by atoms with van der Waals surface area (Å²) < 4.78 is 0. The fraction of sp³-hybridized carbons (Fsp3) is 0.480. The molecule has 0 spiro atoms. The molecule has 2 aromatic carbocycles. The molecule has 0 aliphatic carbocycles. The first-order valence-electron chi connectivity index (χ1n) is 25.0. The Morgan fingerprint density at radius 2 is 1.16 bits per heavy atom. The second kappa shape index (κ2) is 38.0. The standard InChI is InChI=1S/C42H56N10O11.2C4H11N3/c1-25(54)45-23-36(56)48-30(14-8-18-44-2)39(59)50-31(16-17-35(43)55)40(60)52-33(20-26-10-4-3-5-11-26)38(58)47-24-37(57)49-34(41(61)51-32(42(62)63)15-9-19-53)21-27-22-46-29-13-7-6-12-28(27)29;2*1-2-3-7-4(5)6/h3-7,10-13,19,22,30-34,44,46H,8-9,14-18,20-21,23-24H2,1-2H3,(H2,43,55)(H,45,54)(H,47,58)(H,48,56)(H,49,57)(H,50,59)(H,51,61)(H,52,60)(H,62,63);2*2-3H2,1H3,(H4,5,6,7)/t30?,31-,32?,33?,34-;;/m0../s1. The van der Waals surface area contributed by atoms with Gasteiger partial charge in [-0.15, -0.1) is 0 Å². The molecule has 0 saturated heterocycles. The van der Waals surface area contributed by atoms with Gasteiger partial charge in [0.25, 0.3) is 0 Å². The molecule has 3 unspecified atom stereocenters. The van der Waals surface area contributed by atoms with Gasteiger partial charge in [-0.25, -0.2) is 4.79 Å². The zero-order valence-electron chi connectivity index (χ0n) is 44.2. The molecule has 0 fully saturated rings. The number of hydrogen-bond acceptors (Lipinski definition) is 13. The topological polar surface area (TPSA) is 458 Å². The zero-order chi connectivity index (χ0) is 57.7. The van der Waals surface area contributed by atoms with Crippen molar-refractivity contribution in [3.63, 3.8) is 0 Å². The van der Waals surface area contributed by atoms with Crippen molar-refractivity contribution in [1.29, 1.82) is 0 Å². The molecule has 0 bridgehead atoms. The van der Waals surface area contributed by atoms with Gasteiger partial charge in [0.15, 0.2) is 11.9 Å². The van der Waals surface area contributed by atoms with Gasteiger partial charge < -0.3 is 86.1 Å². The zero-order valence-corrected chi connectivity index (χ0v) is 44.2. The Morgan fingerprint density at radius 3 is 1.69 bits per heavy atom. The summed E-state index contributed by atoms with van der Waals surface area (Å²) in [5, 5.41) is 30.8. The molecule has 77 heavy (non-hydrogen) atoms. The molecule has 424 valence electrons. The van der Waals surface area contributed by atoms with Crippen LogP contribution in [0.5, 0.6) is 0 Å². The summed E-state index contributed by atoms with van der Waals surface area (Å²) in [7, 11) is 1.70. The van der Waals surface area contributed by atoms with Gasteiger partial charge in [-0.05, 0) is 69.3 Å². The van der Waals surface area contributed by atoms with Gasteiger partial charge in [0.2, 0.25) is 47.3 Å². The number of carboxylic acids is 1. The maximum atomic E-state index is 13.9. The number of hydrogen-bond donors (Lipinski definition) is 15. The van der Waals surface area contributed by atoms with Crippen LogP contribution in [0.15, 0.2) is 70.8 Å². The van der Waals surface area contributed by atoms with E-state index in [4.69, 9.17) is 28.7 Å². The minimum atomic E-state index is -1.43. The molecule has 3 rings (SSSR count). The number of para-hydroxylation sites is 1. The summed E-state index contributed by atoms with van der Waals surface area (Å²) in [6.45, 7) is 6.12. The van der Waals surface area contributed by atoms with Crippen LogP contribution < -0.4 is 71.2 Å². The average molecular weight is 1080 g/mol. The van der Waals surface area contributed by atoms with E-state index in [9.17, 15) is 53.1 Å². The number of primary amides is 1. The highest BCUT2D eigenvalue weighted by Gasteiger charge is 2.32. The highest BCUT2D eigenvalue weighted by molar-refractivity contribution is 5.97. The molecule has 0 radical (unpaired) electrons. The van der Waals surface area contributed by atoms with Gasteiger partial charge in [0.05, 0.1) is 13.1 Å². The van der Waals surface area contributed by atoms with E-state index in [0.717, 1.165) is 36.8 Å². The average Bonchev–Trinajstić information content (AvgIpc) is 3.80. The number of carboxylic acid groups (broad SMARTS) is 1. The van der Waals surface area contributed by atoms with Crippen LogP contribution in [0.4, 0.5) is 0 Å². The molecule has 8 amide bonds. The first-order valence-corrected chi connectivity index (χ1v) is 25.0. The highest BCUT2D eigenvalue weighted by atomic mass is 16.4. The van der Waals surface area contributed by atoms with Gasteiger partial charge in [-0.1, -0.05) is 62.4 Å². The highest BCUT2D eigenvalue weighted by Crippen LogP contribution is 2.19. The van der Waals surface area contributed by atoms with Gasteiger partial charge in [-0.3, -0.25) is 48.3 Å². The van der Waals surface area contributed by atoms with Gasteiger partial charge >= 0.3 is 5.97 Å². The van der Waals surface area contributed by atoms with Crippen LogP contribution in [0.25, 0.3) is 10.9 Å². The lowest BCUT2D eigenvalue weighted by molar-refractivity contribution is -0.142. The molecule has 27 nitrogen and oxygen atoms in total. The van der Waals surface area contributed by atoms with Gasteiger partial charge in [0.1, 0.15) is 36.5 Å². The Labute approximate surface area is 447 Å². The maximum Gasteiger partial charge on any atom is 0.326 e. The molecule has 0 saturated carbocycles. The van der Waals surface area contributed by atoms with E-state index >= 15 is 0 Å². The van der Waals surface area contributed by atoms with Crippen LogP contribution in [0.3, 0.4) is 0 Å². The van der Waals surface area contributed by atoms with Crippen molar-refractivity contribution in [1.82, 2.24) is 47.5 Å². The van der Waals surface area contributed by atoms with E-state index in [-0.39, 0.29) is 56.9 Å². The van der Waals surface area contributed by atoms with Crippen LogP contribution >= 0.6 is 0 Å². The molecule has 1 aromatic heterocycles. The Kier molecular flexibility index (Phi) is 32.8. The summed E-state index contributed by atoms with van der Waals surface area (Å²) in [6, 6.07) is 9.02. The number of aromatic amines is 1. The fourth-order valence-electron chi connectivity index (χ4n) is 6.87. The Bertz CT molecular complexity index is 2410. The van der Waals surface area contributed by atoms with E-state index in [0.29, 0.717) is 30.4 Å². The maximum absolute atomic E-state index is 13.9. The number of nitrogens with zero attached hydrogens (tertiary/aromatic N) is 2. The second-order valence-electron chi connectivity index (χ2n) is 17.3. The van der Waals surface area contributed by atoms with Crippen LogP contribution in [0.1, 0.15) is 83.3 Å². The van der Waals surface area contributed by atoms with E-state index < -0.39 is 96.5 Å². The number of nitrogens with two attached hydrogens (primary N) is 5. The van der Waals surface area contributed by atoms with Crippen LogP contribution in [-0.2, 0) is 60.8 Å². The number of aromatic nitrogens is 1. The smallest absolute Gasteiger partial charge is 0.326 e. The number of benzene rings is 2. The molecule has 3 aromatic rings. The third kappa shape index (κ3) is 29.2. The van der Waals surface area contributed by atoms with Crippen molar-refractivity contribution in [3.05, 3.63) is 71.9 Å². The number of carbonyl (C=O) groups is 10. The van der Waals surface area contributed by atoms with Crippen LogP contribution in [-0.4, -0.2) is 152 Å². The molecule has 5 atom stereocenters. The Balaban J connectivity index is 0.00000185. The lowest BCUT2D eigenvalue weighted by Gasteiger charge is -2.25. The lowest BCUT2D eigenvalue weighted by Crippen LogP contribution is -2.58. The lowest BCUT2D eigenvalue weighted by atomic mass is 10.0. The summed E-state index contributed by atoms with van der Waals surface area (Å²) in [4.78, 5) is 137. The SMILES string of the molecule is CCCN=C(N)N.CCCN=C(N)N.CNCCCC(NC(=O)CNC(C)=O)C(=O)N[C@@H](CCC(N)=O)C(=O)NC(Cc1ccccc1)C(=O)NCC(=O)N[C@@H](Cc1c[nH]c2ccccc12)C(=O)NC(CCC=O)C(=O)O. The number of amides is 8. The van der Waals surface area contributed by atoms with Crippen LogP contribution in [0, 0.1) is 0 Å². The van der Waals surface area contributed by atoms with Crippen molar-refractivity contribution >= 4 is 82.3 Å². The normalized spacial score (nSPS) is 12.3. The molecular weight excluding hydrogens is 1000 g/mol. The van der Waals surface area contributed by atoms with Crippen molar-refractivity contribution in [3.8, 4) is 0 Å². The molecule has 20 N–H and O–H groups in total. The summed E-state index contributed by atoms with van der Waals surface area (Å²) >= 11 is 0. The third-order valence-corrected chi connectivity index (χ3v) is 10.7. The second-order valence-corrected chi connectivity index (χ2v) is 17.3. The molecule has 0 aliphatic heterocycles. The number of aliphatic imine (C=N–C) groups is 2. The minimum absolute atomic E-state index is 0.0873. The first-order chi connectivity index (χ1) is 36.6. The molecule has 1 heterocycles. The van der Waals surface area contributed by atoms with E-state index in [1.807, 2.05) is 19.9 Å². The predicted octanol–water partition coefficient (Wildman–Crippen LogP) is -2.70. The van der Waals surface area contributed by atoms with E-state index in [1.165, 1.54) is 6.92 Å². The number of aldehydes is 1. The van der Waals surface area contributed by atoms with Gasteiger partial charge in [-0.2, -0.15) is 0 Å². The van der Waals surface area contributed by atoms with Crippen molar-refractivity contribution in [2.75, 3.05) is 39.8 Å². The first kappa shape index (κ1) is 66.4. The number of carbonyl (C=O) groups excluding carboxylic acids is 9. The van der Waals surface area contributed by atoms with Gasteiger partial charge in [0, 0.05) is 62.8 Å². The van der Waals surface area contributed by atoms with Crippen LogP contribution in [0.2, 0.25) is 0 Å². The number of rotatable bonds is 32. The molecular formula is C50H78N16O11. The van der Waals surface area contributed by atoms with Crippen molar-refractivity contribution < 1.29 is 53.1 Å². The number of guanidine groups is 2. The number of nitrogens with one attached hydrogen (secondary N) is 9. The Morgan fingerprint density at radius 1 is 0.636 bits per heavy atom. The summed E-state index contributed by atoms with van der Waals surface area (Å²) in [6.07, 6.45) is 3.59. The van der Waals surface area contributed by atoms with E-state index in [1.54, 1.807) is 61.8 Å². The van der Waals surface area contributed by atoms with Crippen molar-refractivity contribution in [2.24, 2.45) is 38.7 Å². The summed E-state index contributed by atoms with van der Waals surface area (Å²) in [5.41, 5.74) is 27.4. The molecule has 27 heteroatoms. The quantitative estimate of drug-likeness (QED) is 0.0131. The fourth-order valence-corrected chi connectivity index (χ4v) is 6.87. The largest absolute Gasteiger partial charge is 0.480 e. The third-order valence-electron chi connectivity index (χ3n) is 10.7. The minimum Gasteiger partial charge on any atom is -0.480 e. The number of fused-ring (bicyclic) bond motifs is 1. The van der Waals surface area contributed by atoms with Crippen molar-refractivity contribution in [2.45, 2.75) is 115 Å². The monoisotopic (exact) mass is 1080 g/mol. The predicted molar refractivity (Wildman–Crippen MR) is 290 cm³/mol.